The maximum atomic E-state index is 12.2. The second kappa shape index (κ2) is 9.03. The van der Waals surface area contributed by atoms with Gasteiger partial charge in [-0.1, -0.05) is 30.3 Å². The molecule has 3 N–H and O–H groups in total. The van der Waals surface area contributed by atoms with Gasteiger partial charge in [0.15, 0.2) is 0 Å². The van der Waals surface area contributed by atoms with Crippen LogP contribution in [0.3, 0.4) is 0 Å². The summed E-state index contributed by atoms with van der Waals surface area (Å²) in [6, 6.07) is 10.2. The second-order valence-corrected chi connectivity index (χ2v) is 7.51. The van der Waals surface area contributed by atoms with E-state index in [2.05, 4.69) is 22.8 Å². The first-order valence-corrected chi connectivity index (χ1v) is 9.64. The Hall–Kier alpha value is -2.08. The zero-order chi connectivity index (χ0) is 18.4. The number of likely N-dealkylation sites (tertiary alicyclic amines) is 1. The Kier molecular flexibility index (Phi) is 6.50. The van der Waals surface area contributed by atoms with Crippen molar-refractivity contribution in [2.75, 3.05) is 19.6 Å². The van der Waals surface area contributed by atoms with Crippen LogP contribution in [-0.4, -0.2) is 53.7 Å². The highest BCUT2D eigenvalue weighted by atomic mass is 16.3. The van der Waals surface area contributed by atoms with Crippen molar-refractivity contribution < 1.29 is 14.7 Å². The van der Waals surface area contributed by atoms with Crippen molar-refractivity contribution in [1.29, 1.82) is 0 Å². The van der Waals surface area contributed by atoms with E-state index < -0.39 is 0 Å². The predicted octanol–water partition coefficient (Wildman–Crippen LogP) is 1.68. The number of urea groups is 1. The van der Waals surface area contributed by atoms with Crippen LogP contribution in [0.1, 0.15) is 37.7 Å². The molecule has 1 aromatic carbocycles. The van der Waals surface area contributed by atoms with Crippen LogP contribution >= 0.6 is 0 Å². The van der Waals surface area contributed by atoms with E-state index in [1.807, 2.05) is 23.1 Å². The van der Waals surface area contributed by atoms with E-state index >= 15 is 0 Å². The van der Waals surface area contributed by atoms with Gasteiger partial charge in [-0.05, 0) is 37.7 Å². The van der Waals surface area contributed by atoms with Gasteiger partial charge in [0.2, 0.25) is 5.91 Å². The number of nitrogens with one attached hydrogen (secondary N) is 2. The van der Waals surface area contributed by atoms with Gasteiger partial charge in [-0.25, -0.2) is 4.79 Å². The molecule has 1 atom stereocenters. The summed E-state index contributed by atoms with van der Waals surface area (Å²) < 4.78 is 0. The summed E-state index contributed by atoms with van der Waals surface area (Å²) in [4.78, 5) is 26.1. The van der Waals surface area contributed by atoms with Crippen molar-refractivity contribution in [1.82, 2.24) is 15.5 Å². The summed E-state index contributed by atoms with van der Waals surface area (Å²) in [7, 11) is 0. The lowest BCUT2D eigenvalue weighted by Crippen LogP contribution is -2.45. The molecule has 0 radical (unpaired) electrons. The van der Waals surface area contributed by atoms with Crippen molar-refractivity contribution in [3.8, 4) is 0 Å². The van der Waals surface area contributed by atoms with Crippen LogP contribution in [0.2, 0.25) is 0 Å². The molecule has 0 bridgehead atoms. The third kappa shape index (κ3) is 5.46. The van der Waals surface area contributed by atoms with Gasteiger partial charge >= 0.3 is 6.03 Å². The number of nitrogens with zero attached hydrogens (tertiary/aromatic N) is 1. The number of aliphatic hydroxyl groups excluding tert-OH is 1. The number of amides is 3. The number of carbonyl (C=O) groups excluding carboxylic acids is 2. The van der Waals surface area contributed by atoms with E-state index in [-0.39, 0.29) is 30.0 Å². The van der Waals surface area contributed by atoms with Gasteiger partial charge in [-0.3, -0.25) is 4.79 Å². The fourth-order valence-electron chi connectivity index (χ4n) is 3.81. The molecule has 2 aliphatic rings. The molecule has 2 fully saturated rings. The van der Waals surface area contributed by atoms with Gasteiger partial charge < -0.3 is 20.6 Å². The van der Waals surface area contributed by atoms with E-state index in [1.165, 1.54) is 5.56 Å². The van der Waals surface area contributed by atoms with E-state index in [0.29, 0.717) is 19.5 Å². The third-order valence-corrected chi connectivity index (χ3v) is 5.39. The quantitative estimate of drug-likeness (QED) is 0.723. The zero-order valence-electron chi connectivity index (χ0n) is 15.2. The van der Waals surface area contributed by atoms with E-state index in [1.54, 1.807) is 0 Å². The SMILES string of the molecule is O=C(NC[C@H]1CC(=O)N(CCc2ccccc2)C1)NC1CCC(O)CC1. The van der Waals surface area contributed by atoms with Gasteiger partial charge in [-0.2, -0.15) is 0 Å². The van der Waals surface area contributed by atoms with Crippen molar-refractivity contribution in [2.45, 2.75) is 50.7 Å². The summed E-state index contributed by atoms with van der Waals surface area (Å²) in [6.45, 7) is 1.96. The summed E-state index contributed by atoms with van der Waals surface area (Å²) in [5, 5.41) is 15.4. The maximum absolute atomic E-state index is 12.2. The Morgan fingerprint density at radius 3 is 2.62 bits per heavy atom. The number of aliphatic hydroxyl groups is 1. The van der Waals surface area contributed by atoms with Gasteiger partial charge in [0, 0.05) is 38.0 Å². The monoisotopic (exact) mass is 359 g/mol. The number of rotatable bonds is 6. The van der Waals surface area contributed by atoms with Crippen molar-refractivity contribution in [2.24, 2.45) is 5.92 Å². The largest absolute Gasteiger partial charge is 0.393 e. The molecule has 1 heterocycles. The Morgan fingerprint density at radius 2 is 1.88 bits per heavy atom. The summed E-state index contributed by atoms with van der Waals surface area (Å²) in [5.41, 5.74) is 1.24. The summed E-state index contributed by atoms with van der Waals surface area (Å²) in [5.74, 6) is 0.353. The van der Waals surface area contributed by atoms with Crippen LogP contribution in [0, 0.1) is 5.92 Å². The van der Waals surface area contributed by atoms with Gasteiger partial charge in [-0.15, -0.1) is 0 Å². The minimum absolute atomic E-state index is 0.144. The Labute approximate surface area is 155 Å². The lowest BCUT2D eigenvalue weighted by Gasteiger charge is -2.26. The molecule has 1 saturated carbocycles. The molecule has 26 heavy (non-hydrogen) atoms. The lowest BCUT2D eigenvalue weighted by molar-refractivity contribution is -0.127. The molecular formula is C20H29N3O3. The van der Waals surface area contributed by atoms with E-state index in [4.69, 9.17) is 0 Å². The van der Waals surface area contributed by atoms with Crippen LogP contribution in [-0.2, 0) is 11.2 Å². The summed E-state index contributed by atoms with van der Waals surface area (Å²) in [6.07, 6.45) is 4.29. The molecule has 6 nitrogen and oxygen atoms in total. The third-order valence-electron chi connectivity index (χ3n) is 5.39. The minimum atomic E-state index is -0.220. The molecule has 1 saturated heterocycles. The number of hydrogen-bond acceptors (Lipinski definition) is 3. The first-order chi connectivity index (χ1) is 12.6. The highest BCUT2D eigenvalue weighted by Crippen LogP contribution is 2.19. The van der Waals surface area contributed by atoms with Crippen LogP contribution < -0.4 is 10.6 Å². The topological polar surface area (TPSA) is 81.7 Å². The molecule has 1 aromatic rings. The molecule has 6 heteroatoms. The first kappa shape index (κ1) is 18.7. The molecule has 0 unspecified atom stereocenters. The molecule has 0 spiro atoms. The number of carbonyl (C=O) groups is 2. The Bertz CT molecular complexity index is 600. The average Bonchev–Trinajstić information content (AvgIpc) is 3.01. The van der Waals surface area contributed by atoms with Crippen molar-refractivity contribution in [3.05, 3.63) is 35.9 Å². The lowest BCUT2D eigenvalue weighted by atomic mass is 9.93. The molecule has 1 aliphatic carbocycles. The number of hydrogen-bond donors (Lipinski definition) is 3. The van der Waals surface area contributed by atoms with Gasteiger partial charge in [0.1, 0.15) is 0 Å². The van der Waals surface area contributed by atoms with Gasteiger partial charge in [0.05, 0.1) is 6.10 Å². The fourth-order valence-corrected chi connectivity index (χ4v) is 3.81. The first-order valence-electron chi connectivity index (χ1n) is 9.64. The smallest absolute Gasteiger partial charge is 0.315 e. The highest BCUT2D eigenvalue weighted by Gasteiger charge is 2.29. The van der Waals surface area contributed by atoms with E-state index in [9.17, 15) is 14.7 Å². The second-order valence-electron chi connectivity index (χ2n) is 7.51. The zero-order valence-corrected chi connectivity index (χ0v) is 15.2. The standard InChI is InChI=1S/C20H29N3O3/c24-18-8-6-17(7-9-18)22-20(26)21-13-16-12-19(25)23(14-16)11-10-15-4-2-1-3-5-15/h1-5,16-18,24H,6-14H2,(H2,21,22,26)/t16-,17?,18?/m1/s1. The van der Waals surface area contributed by atoms with Crippen LogP contribution in [0.15, 0.2) is 30.3 Å². The van der Waals surface area contributed by atoms with Gasteiger partial charge in [0.25, 0.3) is 0 Å². The molecule has 3 rings (SSSR count). The van der Waals surface area contributed by atoms with Crippen molar-refractivity contribution in [3.63, 3.8) is 0 Å². The van der Waals surface area contributed by atoms with Crippen molar-refractivity contribution >= 4 is 11.9 Å². The van der Waals surface area contributed by atoms with Crippen LogP contribution in [0.5, 0.6) is 0 Å². The average molecular weight is 359 g/mol. The fraction of sp³-hybridized carbons (Fsp3) is 0.600. The highest BCUT2D eigenvalue weighted by molar-refractivity contribution is 5.79. The molecule has 142 valence electrons. The Balaban J connectivity index is 1.35. The molecular weight excluding hydrogens is 330 g/mol. The molecule has 0 aromatic heterocycles. The normalized spacial score (nSPS) is 26.0. The van der Waals surface area contributed by atoms with Crippen LogP contribution in [0.4, 0.5) is 4.79 Å². The molecule has 3 amide bonds. The molecule has 1 aliphatic heterocycles. The van der Waals surface area contributed by atoms with Crippen LogP contribution in [0.25, 0.3) is 0 Å². The minimum Gasteiger partial charge on any atom is -0.393 e. The predicted molar refractivity (Wildman–Crippen MR) is 99.6 cm³/mol. The maximum Gasteiger partial charge on any atom is 0.315 e. The Morgan fingerprint density at radius 1 is 1.15 bits per heavy atom. The number of benzene rings is 1. The summed E-state index contributed by atoms with van der Waals surface area (Å²) >= 11 is 0. The van der Waals surface area contributed by atoms with E-state index in [0.717, 1.165) is 38.6 Å².